The maximum atomic E-state index is 11.2. The summed E-state index contributed by atoms with van der Waals surface area (Å²) in [5.74, 6) is -0.578. The van der Waals surface area contributed by atoms with Crippen LogP contribution in [0.25, 0.3) is 0 Å². The molecule has 1 aromatic rings. The molecule has 0 aliphatic carbocycles. The van der Waals surface area contributed by atoms with Crippen LogP contribution in [0.15, 0.2) is 24.3 Å². The lowest BCUT2D eigenvalue weighted by Gasteiger charge is -2.19. The van der Waals surface area contributed by atoms with Crippen LogP contribution in [0.1, 0.15) is 13.8 Å². The topological polar surface area (TPSA) is 98.3 Å². The van der Waals surface area contributed by atoms with Gasteiger partial charge in [0.25, 0.3) is 5.69 Å². The molecule has 0 aromatic heterocycles. The van der Waals surface area contributed by atoms with E-state index in [1.165, 1.54) is 6.07 Å². The number of nitrogens with zero attached hydrogens (tertiary/aromatic N) is 1. The first-order valence-corrected chi connectivity index (χ1v) is 5.22. The average Bonchev–Trinajstić information content (AvgIpc) is 2.25. The fourth-order valence-electron chi connectivity index (χ4n) is 1.49. The van der Waals surface area contributed by atoms with Gasteiger partial charge in [0.15, 0.2) is 0 Å². The lowest BCUT2D eigenvalue weighted by atomic mass is 10.0. The zero-order valence-corrected chi connectivity index (χ0v) is 9.71. The van der Waals surface area contributed by atoms with Crippen LogP contribution in [0.4, 0.5) is 11.4 Å². The molecule has 1 amide bonds. The molecular formula is C11H15N3O3. The van der Waals surface area contributed by atoms with Crippen molar-refractivity contribution in [2.45, 2.75) is 19.9 Å². The molecule has 17 heavy (non-hydrogen) atoms. The number of rotatable bonds is 5. The Morgan fingerprint density at radius 2 is 2.00 bits per heavy atom. The second kappa shape index (κ2) is 5.29. The number of anilines is 1. The van der Waals surface area contributed by atoms with Gasteiger partial charge in [-0.25, -0.2) is 0 Å². The summed E-state index contributed by atoms with van der Waals surface area (Å²) in [5.41, 5.74) is 5.47. The minimum Gasteiger partial charge on any atom is -0.368 e. The van der Waals surface area contributed by atoms with Crippen molar-refractivity contribution >= 4 is 17.3 Å². The standard InChI is InChI=1S/C11H15N3O3/c1-7(2)10(11(12)15)13-8-5-3-4-6-9(8)14(16)17/h3-7,10,13H,1-2H3,(H2,12,15)/t10-/m1/s1. The minimum atomic E-state index is -0.629. The van der Waals surface area contributed by atoms with Gasteiger partial charge in [0.05, 0.1) is 4.92 Å². The van der Waals surface area contributed by atoms with Crippen LogP contribution >= 0.6 is 0 Å². The summed E-state index contributed by atoms with van der Waals surface area (Å²) in [6.07, 6.45) is 0. The van der Waals surface area contributed by atoms with Gasteiger partial charge in [-0.1, -0.05) is 26.0 Å². The van der Waals surface area contributed by atoms with Crippen molar-refractivity contribution in [3.63, 3.8) is 0 Å². The molecule has 3 N–H and O–H groups in total. The molecule has 0 fully saturated rings. The zero-order chi connectivity index (χ0) is 13.0. The van der Waals surface area contributed by atoms with Gasteiger partial charge in [0.2, 0.25) is 5.91 Å². The smallest absolute Gasteiger partial charge is 0.292 e. The van der Waals surface area contributed by atoms with Crippen LogP contribution in [0.5, 0.6) is 0 Å². The monoisotopic (exact) mass is 237 g/mol. The van der Waals surface area contributed by atoms with Crippen molar-refractivity contribution in [2.24, 2.45) is 11.7 Å². The van der Waals surface area contributed by atoms with E-state index < -0.39 is 16.9 Å². The number of primary amides is 1. The molecule has 0 saturated heterocycles. The highest BCUT2D eigenvalue weighted by atomic mass is 16.6. The SMILES string of the molecule is CC(C)[C@@H](Nc1ccccc1[N+](=O)[O-])C(N)=O. The lowest BCUT2D eigenvalue weighted by molar-refractivity contribution is -0.384. The van der Waals surface area contributed by atoms with Gasteiger partial charge in [-0.15, -0.1) is 0 Å². The van der Waals surface area contributed by atoms with Crippen LogP contribution in [0, 0.1) is 16.0 Å². The number of nitro benzene ring substituents is 1. The summed E-state index contributed by atoms with van der Waals surface area (Å²) in [4.78, 5) is 21.5. The Morgan fingerprint density at radius 3 is 2.47 bits per heavy atom. The summed E-state index contributed by atoms with van der Waals surface area (Å²) in [5, 5.41) is 13.6. The van der Waals surface area contributed by atoms with Gasteiger partial charge < -0.3 is 11.1 Å². The zero-order valence-electron chi connectivity index (χ0n) is 9.71. The molecular weight excluding hydrogens is 222 g/mol. The van der Waals surface area contributed by atoms with Crippen molar-refractivity contribution in [1.29, 1.82) is 0 Å². The summed E-state index contributed by atoms with van der Waals surface area (Å²) in [6.45, 7) is 3.63. The fraction of sp³-hybridized carbons (Fsp3) is 0.364. The molecule has 0 radical (unpaired) electrons. The van der Waals surface area contributed by atoms with E-state index in [9.17, 15) is 14.9 Å². The number of hydrogen-bond donors (Lipinski definition) is 2. The number of carbonyl (C=O) groups excluding carboxylic acids is 1. The third kappa shape index (κ3) is 3.17. The van der Waals surface area contributed by atoms with Crippen LogP contribution < -0.4 is 11.1 Å². The van der Waals surface area contributed by atoms with Gasteiger partial charge in [-0.3, -0.25) is 14.9 Å². The van der Waals surface area contributed by atoms with E-state index in [-0.39, 0.29) is 11.6 Å². The van der Waals surface area contributed by atoms with Crippen molar-refractivity contribution < 1.29 is 9.72 Å². The number of hydrogen-bond acceptors (Lipinski definition) is 4. The van der Waals surface area contributed by atoms with Crippen molar-refractivity contribution in [3.05, 3.63) is 34.4 Å². The summed E-state index contributed by atoms with van der Waals surface area (Å²) < 4.78 is 0. The quantitative estimate of drug-likeness (QED) is 0.599. The van der Waals surface area contributed by atoms with Gasteiger partial charge in [0.1, 0.15) is 11.7 Å². The molecule has 1 aromatic carbocycles. The van der Waals surface area contributed by atoms with Crippen molar-refractivity contribution in [3.8, 4) is 0 Å². The molecule has 92 valence electrons. The first-order valence-electron chi connectivity index (χ1n) is 5.22. The predicted molar refractivity (Wildman–Crippen MR) is 64.5 cm³/mol. The van der Waals surface area contributed by atoms with Crippen LogP contribution in [-0.2, 0) is 4.79 Å². The summed E-state index contributed by atoms with van der Waals surface area (Å²) in [6, 6.07) is 5.53. The van der Waals surface area contributed by atoms with Crippen molar-refractivity contribution in [1.82, 2.24) is 0 Å². The van der Waals surface area contributed by atoms with E-state index in [0.29, 0.717) is 5.69 Å². The van der Waals surface area contributed by atoms with Crippen LogP contribution in [-0.4, -0.2) is 16.9 Å². The number of nitro groups is 1. The van der Waals surface area contributed by atoms with Crippen LogP contribution in [0.3, 0.4) is 0 Å². The van der Waals surface area contributed by atoms with Gasteiger partial charge in [0, 0.05) is 6.07 Å². The van der Waals surface area contributed by atoms with E-state index in [4.69, 9.17) is 5.73 Å². The third-order valence-electron chi connectivity index (χ3n) is 2.38. The predicted octanol–water partition coefficient (Wildman–Crippen LogP) is 1.52. The first kappa shape index (κ1) is 13.0. The molecule has 6 heteroatoms. The maximum Gasteiger partial charge on any atom is 0.292 e. The third-order valence-corrected chi connectivity index (χ3v) is 2.38. The fourth-order valence-corrected chi connectivity index (χ4v) is 1.49. The maximum absolute atomic E-state index is 11.2. The van der Waals surface area contributed by atoms with Gasteiger partial charge in [-0.2, -0.15) is 0 Å². The second-order valence-corrected chi connectivity index (χ2v) is 4.04. The average molecular weight is 237 g/mol. The molecule has 6 nitrogen and oxygen atoms in total. The Balaban J connectivity index is 3.01. The minimum absolute atomic E-state index is 0.0488. The second-order valence-electron chi connectivity index (χ2n) is 4.04. The number of carbonyl (C=O) groups is 1. The molecule has 0 aliphatic heterocycles. The molecule has 0 bridgehead atoms. The summed E-state index contributed by atoms with van der Waals surface area (Å²) >= 11 is 0. The van der Waals surface area contributed by atoms with Crippen molar-refractivity contribution in [2.75, 3.05) is 5.32 Å². The number of para-hydroxylation sites is 2. The largest absolute Gasteiger partial charge is 0.368 e. The Hall–Kier alpha value is -2.11. The molecule has 1 atom stereocenters. The molecule has 0 aliphatic rings. The number of amides is 1. The lowest BCUT2D eigenvalue weighted by Crippen LogP contribution is -2.39. The van der Waals surface area contributed by atoms with E-state index in [0.717, 1.165) is 0 Å². The Labute approximate surface area is 99.0 Å². The Morgan fingerprint density at radius 1 is 1.41 bits per heavy atom. The highest BCUT2D eigenvalue weighted by Gasteiger charge is 2.22. The number of nitrogens with one attached hydrogen (secondary N) is 1. The number of nitrogens with two attached hydrogens (primary N) is 1. The molecule has 0 saturated carbocycles. The molecule has 0 spiro atoms. The van der Waals surface area contributed by atoms with E-state index in [1.54, 1.807) is 18.2 Å². The molecule has 0 unspecified atom stereocenters. The Bertz CT molecular complexity index is 432. The summed E-state index contributed by atoms with van der Waals surface area (Å²) in [7, 11) is 0. The highest BCUT2D eigenvalue weighted by molar-refractivity contribution is 5.84. The molecule has 1 rings (SSSR count). The van der Waals surface area contributed by atoms with Crippen LogP contribution in [0.2, 0.25) is 0 Å². The van der Waals surface area contributed by atoms with E-state index in [2.05, 4.69) is 5.32 Å². The Kier molecular flexibility index (Phi) is 4.03. The molecule has 0 heterocycles. The number of benzene rings is 1. The van der Waals surface area contributed by atoms with Gasteiger partial charge in [-0.05, 0) is 12.0 Å². The highest BCUT2D eigenvalue weighted by Crippen LogP contribution is 2.24. The van der Waals surface area contributed by atoms with E-state index >= 15 is 0 Å². The normalized spacial score (nSPS) is 12.2. The van der Waals surface area contributed by atoms with E-state index in [1.807, 2.05) is 13.8 Å². The van der Waals surface area contributed by atoms with Gasteiger partial charge >= 0.3 is 0 Å². The first-order chi connectivity index (χ1) is 7.93.